The quantitative estimate of drug-likeness (QED) is 0.805. The minimum atomic E-state index is -0.619. The van der Waals surface area contributed by atoms with Crippen molar-refractivity contribution in [2.45, 2.75) is 38.3 Å². The molecule has 22 heavy (non-hydrogen) atoms. The highest BCUT2D eigenvalue weighted by atomic mass is 16.2. The number of benzene rings is 1. The van der Waals surface area contributed by atoms with Gasteiger partial charge in [-0.2, -0.15) is 0 Å². The van der Waals surface area contributed by atoms with Gasteiger partial charge in [0.25, 0.3) is 5.91 Å². The summed E-state index contributed by atoms with van der Waals surface area (Å²) in [6.07, 6.45) is 3.01. The molecule has 1 N–H and O–H groups in total. The zero-order chi connectivity index (χ0) is 15.5. The summed E-state index contributed by atoms with van der Waals surface area (Å²) in [6, 6.07) is 8.92. The lowest BCUT2D eigenvalue weighted by Gasteiger charge is -2.23. The van der Waals surface area contributed by atoms with Gasteiger partial charge in [-0.3, -0.25) is 14.4 Å². The summed E-state index contributed by atoms with van der Waals surface area (Å²) in [7, 11) is 0. The Morgan fingerprint density at radius 1 is 1.14 bits per heavy atom. The van der Waals surface area contributed by atoms with E-state index in [2.05, 4.69) is 5.32 Å². The second-order valence-corrected chi connectivity index (χ2v) is 6.08. The molecule has 1 aliphatic heterocycles. The van der Waals surface area contributed by atoms with Crippen molar-refractivity contribution >= 4 is 17.6 Å². The van der Waals surface area contributed by atoms with Crippen LogP contribution in [0, 0.1) is 5.92 Å². The van der Waals surface area contributed by atoms with Gasteiger partial charge in [-0.1, -0.05) is 30.3 Å². The maximum atomic E-state index is 12.3. The van der Waals surface area contributed by atoms with E-state index in [0.29, 0.717) is 31.8 Å². The molecule has 2 amide bonds. The van der Waals surface area contributed by atoms with Crippen molar-refractivity contribution in [1.82, 2.24) is 10.2 Å². The molecule has 2 fully saturated rings. The van der Waals surface area contributed by atoms with Crippen LogP contribution in [0.2, 0.25) is 0 Å². The van der Waals surface area contributed by atoms with Crippen molar-refractivity contribution in [1.29, 1.82) is 0 Å². The third-order valence-electron chi connectivity index (χ3n) is 4.30. The molecule has 1 aliphatic carbocycles. The van der Waals surface area contributed by atoms with E-state index in [1.54, 1.807) is 0 Å². The molecule has 1 saturated heterocycles. The number of rotatable bonds is 6. The Morgan fingerprint density at radius 3 is 2.55 bits per heavy atom. The Bertz CT molecular complexity index is 581. The summed E-state index contributed by atoms with van der Waals surface area (Å²) in [4.78, 5) is 37.9. The third kappa shape index (κ3) is 3.35. The Hall–Kier alpha value is -2.17. The zero-order valence-corrected chi connectivity index (χ0v) is 12.5. The molecule has 116 valence electrons. The van der Waals surface area contributed by atoms with Gasteiger partial charge in [0.2, 0.25) is 11.7 Å². The Morgan fingerprint density at radius 2 is 1.86 bits per heavy atom. The fraction of sp³-hybridized carbons (Fsp3) is 0.471. The van der Waals surface area contributed by atoms with Crippen LogP contribution in [0.15, 0.2) is 30.3 Å². The van der Waals surface area contributed by atoms with Crippen LogP contribution >= 0.6 is 0 Å². The van der Waals surface area contributed by atoms with Crippen molar-refractivity contribution in [2.75, 3.05) is 6.54 Å². The van der Waals surface area contributed by atoms with Crippen LogP contribution in [-0.2, 0) is 20.9 Å². The molecule has 2 aliphatic rings. The van der Waals surface area contributed by atoms with Gasteiger partial charge in [0.05, 0.1) is 0 Å². The summed E-state index contributed by atoms with van der Waals surface area (Å²) in [5.41, 5.74) is 0.967. The van der Waals surface area contributed by atoms with Crippen LogP contribution in [0.5, 0.6) is 0 Å². The minimum Gasteiger partial charge on any atom is -0.349 e. The monoisotopic (exact) mass is 300 g/mol. The molecule has 3 rings (SSSR count). The van der Waals surface area contributed by atoms with Crippen LogP contribution in [0.4, 0.5) is 0 Å². The molecule has 1 saturated carbocycles. The van der Waals surface area contributed by atoms with Crippen LogP contribution < -0.4 is 5.32 Å². The molecule has 5 heteroatoms. The van der Waals surface area contributed by atoms with Gasteiger partial charge in [-0.15, -0.1) is 0 Å². The predicted octanol–water partition coefficient (Wildman–Crippen LogP) is 1.27. The SMILES string of the molecule is O=C(NCC1CC1)C(=O)[C@H]1CCC(=O)N1Cc1ccccc1. The second-order valence-electron chi connectivity index (χ2n) is 6.08. The summed E-state index contributed by atoms with van der Waals surface area (Å²) in [5.74, 6) is -0.563. The maximum Gasteiger partial charge on any atom is 0.289 e. The summed E-state index contributed by atoms with van der Waals surface area (Å²) in [6.45, 7) is 0.954. The highest BCUT2D eigenvalue weighted by Gasteiger charge is 2.39. The average Bonchev–Trinajstić information content (AvgIpc) is 3.30. The standard InChI is InChI=1S/C17H20N2O3/c20-15-9-8-14(16(21)17(22)18-10-12-6-7-12)19(15)11-13-4-2-1-3-5-13/h1-5,12,14H,6-11H2,(H,18,22)/t14-/m1/s1. The van der Waals surface area contributed by atoms with Gasteiger partial charge in [0.1, 0.15) is 6.04 Å². The number of hydrogen-bond donors (Lipinski definition) is 1. The molecule has 1 atom stereocenters. The molecule has 0 spiro atoms. The van der Waals surface area contributed by atoms with Gasteiger partial charge < -0.3 is 10.2 Å². The first-order valence-electron chi connectivity index (χ1n) is 7.80. The molecule has 1 aromatic rings. The smallest absolute Gasteiger partial charge is 0.289 e. The van der Waals surface area contributed by atoms with Crippen LogP contribution in [0.3, 0.4) is 0 Å². The Kier molecular flexibility index (Phi) is 4.22. The highest BCUT2D eigenvalue weighted by molar-refractivity contribution is 6.38. The number of Topliss-reactive ketones (excluding diaryl/α,β-unsaturated/α-hetero) is 1. The van der Waals surface area contributed by atoms with Crippen molar-refractivity contribution in [2.24, 2.45) is 5.92 Å². The fourth-order valence-corrected chi connectivity index (χ4v) is 2.78. The van der Waals surface area contributed by atoms with Gasteiger partial charge in [0.15, 0.2) is 0 Å². The maximum absolute atomic E-state index is 12.3. The van der Waals surface area contributed by atoms with Crippen LogP contribution in [-0.4, -0.2) is 35.1 Å². The second kappa shape index (κ2) is 6.30. The molecule has 5 nitrogen and oxygen atoms in total. The largest absolute Gasteiger partial charge is 0.349 e. The van der Waals surface area contributed by atoms with Gasteiger partial charge in [-0.05, 0) is 30.7 Å². The zero-order valence-electron chi connectivity index (χ0n) is 12.5. The topological polar surface area (TPSA) is 66.5 Å². The molecule has 0 radical (unpaired) electrons. The molecule has 0 unspecified atom stereocenters. The molecule has 0 aromatic heterocycles. The van der Waals surface area contributed by atoms with E-state index in [9.17, 15) is 14.4 Å². The van der Waals surface area contributed by atoms with Gasteiger partial charge >= 0.3 is 0 Å². The number of carbonyl (C=O) groups is 3. The van der Waals surface area contributed by atoms with E-state index in [1.165, 1.54) is 4.90 Å². The third-order valence-corrected chi connectivity index (χ3v) is 4.30. The first-order chi connectivity index (χ1) is 10.6. The summed E-state index contributed by atoms with van der Waals surface area (Å²) in [5, 5.41) is 2.69. The van der Waals surface area contributed by atoms with E-state index >= 15 is 0 Å². The molecule has 0 bridgehead atoms. The number of carbonyl (C=O) groups excluding carboxylic acids is 3. The fourth-order valence-electron chi connectivity index (χ4n) is 2.78. The van der Waals surface area contributed by atoms with Gasteiger partial charge in [0, 0.05) is 19.5 Å². The lowest BCUT2D eigenvalue weighted by Crippen LogP contribution is -2.45. The first kappa shape index (κ1) is 14.8. The van der Waals surface area contributed by atoms with Gasteiger partial charge in [-0.25, -0.2) is 0 Å². The van der Waals surface area contributed by atoms with Crippen molar-refractivity contribution in [3.05, 3.63) is 35.9 Å². The Balaban J connectivity index is 1.64. The van der Waals surface area contributed by atoms with Crippen LogP contribution in [0.1, 0.15) is 31.2 Å². The summed E-state index contributed by atoms with van der Waals surface area (Å²) >= 11 is 0. The van der Waals surface area contributed by atoms with Crippen molar-refractivity contribution < 1.29 is 14.4 Å². The highest BCUT2D eigenvalue weighted by Crippen LogP contribution is 2.27. The predicted molar refractivity (Wildman–Crippen MR) is 80.8 cm³/mol. The average molecular weight is 300 g/mol. The molecular weight excluding hydrogens is 280 g/mol. The van der Waals surface area contributed by atoms with Crippen molar-refractivity contribution in [3.63, 3.8) is 0 Å². The van der Waals surface area contributed by atoms with E-state index in [-0.39, 0.29) is 5.91 Å². The van der Waals surface area contributed by atoms with E-state index in [4.69, 9.17) is 0 Å². The summed E-state index contributed by atoms with van der Waals surface area (Å²) < 4.78 is 0. The lowest BCUT2D eigenvalue weighted by molar-refractivity contribution is -0.143. The number of hydrogen-bond acceptors (Lipinski definition) is 3. The normalized spacial score (nSPS) is 21.0. The van der Waals surface area contributed by atoms with E-state index in [1.807, 2.05) is 30.3 Å². The molecule has 1 aromatic carbocycles. The number of likely N-dealkylation sites (tertiary alicyclic amines) is 1. The lowest BCUT2D eigenvalue weighted by atomic mass is 10.1. The number of ketones is 1. The number of nitrogens with one attached hydrogen (secondary N) is 1. The molecular formula is C17H20N2O3. The first-order valence-corrected chi connectivity index (χ1v) is 7.80. The minimum absolute atomic E-state index is 0.0582. The van der Waals surface area contributed by atoms with Crippen molar-refractivity contribution in [3.8, 4) is 0 Å². The number of amides is 2. The number of nitrogens with zero attached hydrogens (tertiary/aromatic N) is 1. The van der Waals surface area contributed by atoms with E-state index in [0.717, 1.165) is 18.4 Å². The molecule has 1 heterocycles. The van der Waals surface area contributed by atoms with Crippen LogP contribution in [0.25, 0.3) is 0 Å². The Labute approximate surface area is 129 Å². The van der Waals surface area contributed by atoms with E-state index < -0.39 is 17.7 Å².